The number of ether oxygens (including phenoxy) is 1. The van der Waals surface area contributed by atoms with Crippen molar-refractivity contribution < 1.29 is 13.5 Å². The van der Waals surface area contributed by atoms with E-state index in [4.69, 9.17) is 4.74 Å². The summed E-state index contributed by atoms with van der Waals surface area (Å²) in [6.07, 6.45) is 1.03. The normalized spacial score (nSPS) is 17.1. The molecule has 0 spiro atoms. The summed E-state index contributed by atoms with van der Waals surface area (Å²) < 4.78 is 31.5. The predicted octanol–water partition coefficient (Wildman–Crippen LogP) is 2.79. The van der Waals surface area contributed by atoms with Crippen LogP contribution in [0.5, 0.6) is 5.75 Å². The Balaban J connectivity index is 1.40. The number of halogens is 2. The zero-order valence-electron chi connectivity index (χ0n) is 15.3. The Labute approximate surface area is 158 Å². The van der Waals surface area contributed by atoms with Crippen LogP contribution in [0.1, 0.15) is 6.42 Å². The molecule has 7 heteroatoms. The molecule has 1 aliphatic heterocycles. The van der Waals surface area contributed by atoms with Crippen molar-refractivity contribution in [1.29, 1.82) is 0 Å². The fraction of sp³-hybridized carbons (Fsp3) is 0.350. The maximum absolute atomic E-state index is 13.1. The van der Waals surface area contributed by atoms with Crippen LogP contribution < -0.4 is 20.3 Å². The lowest BCUT2D eigenvalue weighted by Crippen LogP contribution is -2.45. The first-order valence-electron chi connectivity index (χ1n) is 9.01. The van der Waals surface area contributed by atoms with E-state index in [0.717, 1.165) is 31.6 Å². The summed E-state index contributed by atoms with van der Waals surface area (Å²) in [5.41, 5.74) is 1.23. The fourth-order valence-electron chi connectivity index (χ4n) is 3.04. The van der Waals surface area contributed by atoms with E-state index in [1.54, 1.807) is 7.05 Å². The summed E-state index contributed by atoms with van der Waals surface area (Å²) >= 11 is 0. The van der Waals surface area contributed by atoms with Crippen LogP contribution in [-0.2, 0) is 0 Å². The van der Waals surface area contributed by atoms with Crippen LogP contribution in [0.4, 0.5) is 14.5 Å². The predicted molar refractivity (Wildman–Crippen MR) is 103 cm³/mol. The Hall–Kier alpha value is -2.83. The monoisotopic (exact) mass is 374 g/mol. The van der Waals surface area contributed by atoms with Gasteiger partial charge in [0.25, 0.3) is 0 Å². The zero-order valence-corrected chi connectivity index (χ0v) is 15.3. The summed E-state index contributed by atoms with van der Waals surface area (Å²) in [5.74, 6) is -0.801. The molecule has 1 saturated heterocycles. The minimum absolute atomic E-state index is 0.299. The van der Waals surface area contributed by atoms with E-state index in [1.807, 2.05) is 18.2 Å². The van der Waals surface area contributed by atoms with Gasteiger partial charge in [-0.2, -0.15) is 0 Å². The third-order valence-electron chi connectivity index (χ3n) is 4.43. The van der Waals surface area contributed by atoms with Crippen molar-refractivity contribution >= 4 is 11.6 Å². The van der Waals surface area contributed by atoms with Gasteiger partial charge in [0.15, 0.2) is 17.6 Å². The molecule has 0 amide bonds. The standard InChI is InChI=1S/C20H24F2N4O/c1-23-20(24-10-12-27-17-7-8-18(21)19(22)13-17)25-15-9-11-26(14-15)16-5-3-2-4-6-16/h2-8,13,15H,9-12,14H2,1H3,(H2,23,24,25). The lowest BCUT2D eigenvalue weighted by Gasteiger charge is -2.20. The molecule has 0 radical (unpaired) electrons. The van der Waals surface area contributed by atoms with Crippen LogP contribution in [0.3, 0.4) is 0 Å². The third kappa shape index (κ3) is 5.32. The average molecular weight is 374 g/mol. The molecule has 27 heavy (non-hydrogen) atoms. The van der Waals surface area contributed by atoms with E-state index in [2.05, 4.69) is 32.7 Å². The summed E-state index contributed by atoms with van der Waals surface area (Å²) in [6, 6.07) is 14.1. The Morgan fingerprint density at radius 1 is 1.19 bits per heavy atom. The highest BCUT2D eigenvalue weighted by Gasteiger charge is 2.23. The number of hydrogen-bond acceptors (Lipinski definition) is 3. The van der Waals surface area contributed by atoms with Gasteiger partial charge in [0.05, 0.1) is 6.54 Å². The molecule has 0 aromatic heterocycles. The highest BCUT2D eigenvalue weighted by atomic mass is 19.2. The Morgan fingerprint density at radius 3 is 2.74 bits per heavy atom. The Bertz CT molecular complexity index is 770. The van der Waals surface area contributed by atoms with E-state index in [1.165, 1.54) is 11.8 Å². The van der Waals surface area contributed by atoms with Gasteiger partial charge in [-0.1, -0.05) is 18.2 Å². The first kappa shape index (κ1) is 18.9. The molecule has 3 rings (SSSR count). The van der Waals surface area contributed by atoms with Gasteiger partial charge in [-0.05, 0) is 30.7 Å². The van der Waals surface area contributed by atoms with E-state index < -0.39 is 11.6 Å². The number of guanidine groups is 1. The number of rotatable bonds is 6. The first-order valence-corrected chi connectivity index (χ1v) is 9.01. The van der Waals surface area contributed by atoms with Crippen LogP contribution in [0.25, 0.3) is 0 Å². The van der Waals surface area contributed by atoms with Gasteiger partial charge in [-0.3, -0.25) is 4.99 Å². The second-order valence-electron chi connectivity index (χ2n) is 6.33. The van der Waals surface area contributed by atoms with Gasteiger partial charge in [-0.15, -0.1) is 0 Å². The van der Waals surface area contributed by atoms with E-state index in [0.29, 0.717) is 30.9 Å². The van der Waals surface area contributed by atoms with Crippen LogP contribution in [0.15, 0.2) is 53.5 Å². The summed E-state index contributed by atoms with van der Waals surface area (Å²) in [5, 5.41) is 6.59. The molecule has 2 N–H and O–H groups in total. The zero-order chi connectivity index (χ0) is 19.1. The highest BCUT2D eigenvalue weighted by Crippen LogP contribution is 2.19. The van der Waals surface area contributed by atoms with Crippen LogP contribution in [0.2, 0.25) is 0 Å². The van der Waals surface area contributed by atoms with E-state index in [9.17, 15) is 8.78 Å². The topological polar surface area (TPSA) is 48.9 Å². The quantitative estimate of drug-likeness (QED) is 0.464. The van der Waals surface area contributed by atoms with Gasteiger partial charge in [0, 0.05) is 37.9 Å². The van der Waals surface area contributed by atoms with Crippen molar-refractivity contribution in [1.82, 2.24) is 10.6 Å². The highest BCUT2D eigenvalue weighted by molar-refractivity contribution is 5.80. The lowest BCUT2D eigenvalue weighted by atomic mass is 10.3. The molecule has 5 nitrogen and oxygen atoms in total. The Morgan fingerprint density at radius 2 is 2.00 bits per heavy atom. The summed E-state index contributed by atoms with van der Waals surface area (Å²) in [7, 11) is 1.72. The average Bonchev–Trinajstić information content (AvgIpc) is 3.16. The number of hydrogen-bond donors (Lipinski definition) is 2. The largest absolute Gasteiger partial charge is 0.492 e. The smallest absolute Gasteiger partial charge is 0.191 e. The molecule has 0 bridgehead atoms. The van der Waals surface area contributed by atoms with Crippen molar-refractivity contribution in [3.63, 3.8) is 0 Å². The van der Waals surface area contributed by atoms with Crippen molar-refractivity contribution in [3.05, 3.63) is 60.2 Å². The minimum Gasteiger partial charge on any atom is -0.492 e. The maximum atomic E-state index is 13.1. The number of benzene rings is 2. The van der Waals surface area contributed by atoms with Gasteiger partial charge in [-0.25, -0.2) is 8.78 Å². The molecule has 1 fully saturated rings. The van der Waals surface area contributed by atoms with Gasteiger partial charge in [0.2, 0.25) is 0 Å². The molecule has 144 valence electrons. The van der Waals surface area contributed by atoms with E-state index in [-0.39, 0.29) is 0 Å². The summed E-state index contributed by atoms with van der Waals surface area (Å²) in [4.78, 5) is 6.57. The van der Waals surface area contributed by atoms with Crippen molar-refractivity contribution in [3.8, 4) is 5.75 Å². The van der Waals surface area contributed by atoms with Crippen LogP contribution >= 0.6 is 0 Å². The molecule has 1 heterocycles. The second kappa shape index (κ2) is 9.21. The van der Waals surface area contributed by atoms with Gasteiger partial charge < -0.3 is 20.3 Å². The van der Waals surface area contributed by atoms with Gasteiger partial charge >= 0.3 is 0 Å². The lowest BCUT2D eigenvalue weighted by molar-refractivity contribution is 0.318. The molecule has 2 aromatic carbocycles. The number of anilines is 1. The van der Waals surface area contributed by atoms with Gasteiger partial charge in [0.1, 0.15) is 12.4 Å². The molecule has 0 saturated carbocycles. The molecule has 1 unspecified atom stereocenters. The second-order valence-corrected chi connectivity index (χ2v) is 6.33. The van der Waals surface area contributed by atoms with E-state index >= 15 is 0 Å². The third-order valence-corrected chi connectivity index (χ3v) is 4.43. The molecule has 2 aromatic rings. The molecular weight excluding hydrogens is 350 g/mol. The molecule has 1 aliphatic rings. The van der Waals surface area contributed by atoms with Crippen molar-refractivity contribution in [2.45, 2.75) is 12.5 Å². The summed E-state index contributed by atoms with van der Waals surface area (Å²) in [6.45, 7) is 2.72. The maximum Gasteiger partial charge on any atom is 0.191 e. The molecule has 0 aliphatic carbocycles. The number of aliphatic imine (C=N–C) groups is 1. The van der Waals surface area contributed by atoms with Crippen LogP contribution in [0, 0.1) is 11.6 Å². The number of nitrogens with one attached hydrogen (secondary N) is 2. The first-order chi connectivity index (χ1) is 13.2. The molecular formula is C20H24F2N4O. The number of nitrogens with zero attached hydrogens (tertiary/aromatic N) is 2. The molecule has 1 atom stereocenters. The minimum atomic E-state index is -0.915. The number of para-hydroxylation sites is 1. The van der Waals surface area contributed by atoms with Crippen molar-refractivity contribution in [2.75, 3.05) is 38.2 Å². The van der Waals surface area contributed by atoms with Crippen LogP contribution in [-0.4, -0.2) is 45.3 Å². The fourth-order valence-corrected chi connectivity index (χ4v) is 3.04. The Kier molecular flexibility index (Phi) is 6.46. The van der Waals surface area contributed by atoms with Crippen molar-refractivity contribution in [2.24, 2.45) is 4.99 Å². The SMILES string of the molecule is CN=C(NCCOc1ccc(F)c(F)c1)NC1CCN(c2ccccc2)C1.